The molecule has 3 nitrogen and oxygen atoms in total. The second-order valence-corrected chi connectivity index (χ2v) is 4.52. The lowest BCUT2D eigenvalue weighted by atomic mass is 9.83. The van der Waals surface area contributed by atoms with Crippen LogP contribution >= 0.6 is 0 Å². The van der Waals surface area contributed by atoms with Gasteiger partial charge in [0.15, 0.2) is 11.5 Å². The Labute approximate surface area is 96.1 Å². The van der Waals surface area contributed by atoms with Crippen molar-refractivity contribution in [2.75, 3.05) is 13.1 Å². The average molecular weight is 221 g/mol. The van der Waals surface area contributed by atoms with E-state index in [0.29, 0.717) is 11.8 Å². The molecule has 0 amide bonds. The minimum Gasteiger partial charge on any atom is -0.504 e. The first-order chi connectivity index (χ1) is 7.72. The minimum absolute atomic E-state index is 0.0121. The highest BCUT2D eigenvalue weighted by molar-refractivity contribution is 5.41. The molecule has 2 unspecified atom stereocenters. The number of benzene rings is 1. The third-order valence-corrected chi connectivity index (χ3v) is 3.53. The van der Waals surface area contributed by atoms with E-state index in [-0.39, 0.29) is 11.5 Å². The molecule has 1 fully saturated rings. The van der Waals surface area contributed by atoms with Gasteiger partial charge in [-0.15, -0.1) is 0 Å². The SMILES string of the molecule is CCC(c1ccc(O)c(O)c1)C1CCNC1. The molecule has 16 heavy (non-hydrogen) atoms. The van der Waals surface area contributed by atoms with E-state index in [1.807, 2.05) is 6.07 Å². The highest BCUT2D eigenvalue weighted by Crippen LogP contribution is 2.35. The van der Waals surface area contributed by atoms with Crippen LogP contribution in [0.2, 0.25) is 0 Å². The van der Waals surface area contributed by atoms with Crippen LogP contribution in [0.25, 0.3) is 0 Å². The summed E-state index contributed by atoms with van der Waals surface area (Å²) < 4.78 is 0. The van der Waals surface area contributed by atoms with E-state index in [4.69, 9.17) is 0 Å². The van der Waals surface area contributed by atoms with Gasteiger partial charge in [0.25, 0.3) is 0 Å². The van der Waals surface area contributed by atoms with E-state index in [9.17, 15) is 10.2 Å². The van der Waals surface area contributed by atoms with Crippen LogP contribution < -0.4 is 5.32 Å². The largest absolute Gasteiger partial charge is 0.504 e. The lowest BCUT2D eigenvalue weighted by Gasteiger charge is -2.22. The Morgan fingerprint density at radius 2 is 2.19 bits per heavy atom. The van der Waals surface area contributed by atoms with Crippen molar-refractivity contribution in [3.8, 4) is 11.5 Å². The number of hydrogen-bond acceptors (Lipinski definition) is 3. The van der Waals surface area contributed by atoms with Gasteiger partial charge in [0.2, 0.25) is 0 Å². The average Bonchev–Trinajstić information content (AvgIpc) is 2.78. The quantitative estimate of drug-likeness (QED) is 0.686. The second-order valence-electron chi connectivity index (χ2n) is 4.52. The zero-order valence-corrected chi connectivity index (χ0v) is 9.61. The standard InChI is InChI=1S/C13H19NO2/c1-2-11(10-5-6-14-8-10)9-3-4-12(15)13(16)7-9/h3-4,7,10-11,14-16H,2,5-6,8H2,1H3. The van der Waals surface area contributed by atoms with Crippen molar-refractivity contribution in [3.05, 3.63) is 23.8 Å². The van der Waals surface area contributed by atoms with Gasteiger partial charge in [0.1, 0.15) is 0 Å². The van der Waals surface area contributed by atoms with Crippen LogP contribution in [0.4, 0.5) is 0 Å². The van der Waals surface area contributed by atoms with Crippen LogP contribution in [0.5, 0.6) is 11.5 Å². The summed E-state index contributed by atoms with van der Waals surface area (Å²) in [5, 5.41) is 22.2. The number of nitrogens with one attached hydrogen (secondary N) is 1. The Morgan fingerprint density at radius 3 is 2.75 bits per heavy atom. The van der Waals surface area contributed by atoms with Gasteiger partial charge >= 0.3 is 0 Å². The van der Waals surface area contributed by atoms with Gasteiger partial charge in [0, 0.05) is 0 Å². The maximum Gasteiger partial charge on any atom is 0.157 e. The van der Waals surface area contributed by atoms with Crippen LogP contribution in [-0.2, 0) is 0 Å². The molecule has 88 valence electrons. The van der Waals surface area contributed by atoms with Crippen molar-refractivity contribution < 1.29 is 10.2 Å². The Morgan fingerprint density at radius 1 is 1.38 bits per heavy atom. The van der Waals surface area contributed by atoms with Crippen LogP contribution in [0.1, 0.15) is 31.2 Å². The van der Waals surface area contributed by atoms with Gasteiger partial charge in [-0.05, 0) is 55.5 Å². The minimum atomic E-state index is -0.0387. The predicted octanol–water partition coefficient (Wildman–Crippen LogP) is 2.20. The van der Waals surface area contributed by atoms with Crippen molar-refractivity contribution in [1.29, 1.82) is 0 Å². The van der Waals surface area contributed by atoms with Crippen molar-refractivity contribution in [1.82, 2.24) is 5.32 Å². The summed E-state index contributed by atoms with van der Waals surface area (Å²) in [6.45, 7) is 4.32. The molecule has 0 saturated carbocycles. The number of phenols is 2. The van der Waals surface area contributed by atoms with Gasteiger partial charge in [0.05, 0.1) is 0 Å². The van der Waals surface area contributed by atoms with Gasteiger partial charge in [-0.25, -0.2) is 0 Å². The van der Waals surface area contributed by atoms with Gasteiger partial charge in [-0.3, -0.25) is 0 Å². The lowest BCUT2D eigenvalue weighted by Crippen LogP contribution is -2.16. The van der Waals surface area contributed by atoms with E-state index >= 15 is 0 Å². The Balaban J connectivity index is 2.22. The van der Waals surface area contributed by atoms with Crippen LogP contribution in [0.15, 0.2) is 18.2 Å². The van der Waals surface area contributed by atoms with E-state index in [1.165, 1.54) is 6.42 Å². The third-order valence-electron chi connectivity index (χ3n) is 3.53. The molecular formula is C13H19NO2. The smallest absolute Gasteiger partial charge is 0.157 e. The fourth-order valence-electron chi connectivity index (χ4n) is 2.63. The first-order valence-electron chi connectivity index (χ1n) is 5.95. The fourth-order valence-corrected chi connectivity index (χ4v) is 2.63. The fraction of sp³-hybridized carbons (Fsp3) is 0.538. The summed E-state index contributed by atoms with van der Waals surface area (Å²) in [5.41, 5.74) is 1.13. The molecule has 1 aromatic rings. The molecule has 2 rings (SSSR count). The van der Waals surface area contributed by atoms with E-state index in [0.717, 1.165) is 25.1 Å². The molecule has 0 aliphatic carbocycles. The molecule has 0 aromatic heterocycles. The summed E-state index contributed by atoms with van der Waals surface area (Å²) >= 11 is 0. The molecule has 1 aliphatic heterocycles. The first kappa shape index (κ1) is 11.3. The van der Waals surface area contributed by atoms with Crippen molar-refractivity contribution in [3.63, 3.8) is 0 Å². The topological polar surface area (TPSA) is 52.5 Å². The molecule has 3 N–H and O–H groups in total. The highest BCUT2D eigenvalue weighted by atomic mass is 16.3. The molecule has 3 heteroatoms. The Hall–Kier alpha value is -1.22. The zero-order chi connectivity index (χ0) is 11.5. The van der Waals surface area contributed by atoms with Gasteiger partial charge < -0.3 is 15.5 Å². The molecule has 0 spiro atoms. The molecule has 0 bridgehead atoms. The van der Waals surface area contributed by atoms with Crippen molar-refractivity contribution in [2.45, 2.75) is 25.7 Å². The number of aromatic hydroxyl groups is 2. The Kier molecular flexibility index (Phi) is 3.34. The number of phenolic OH excluding ortho intramolecular Hbond substituents is 2. The summed E-state index contributed by atoms with van der Waals surface area (Å²) in [6.07, 6.45) is 2.26. The van der Waals surface area contributed by atoms with Crippen LogP contribution in [0.3, 0.4) is 0 Å². The maximum absolute atomic E-state index is 9.52. The summed E-state index contributed by atoms with van der Waals surface area (Å²) in [4.78, 5) is 0. The molecule has 1 saturated heterocycles. The van der Waals surface area contributed by atoms with Crippen LogP contribution in [-0.4, -0.2) is 23.3 Å². The molecule has 1 aromatic carbocycles. The molecule has 0 radical (unpaired) electrons. The molecular weight excluding hydrogens is 202 g/mol. The van der Waals surface area contributed by atoms with E-state index in [2.05, 4.69) is 12.2 Å². The summed E-state index contributed by atoms with van der Waals surface area (Å²) in [5.74, 6) is 1.07. The van der Waals surface area contributed by atoms with Gasteiger partial charge in [-0.2, -0.15) is 0 Å². The zero-order valence-electron chi connectivity index (χ0n) is 9.61. The lowest BCUT2D eigenvalue weighted by molar-refractivity contribution is 0.398. The summed E-state index contributed by atoms with van der Waals surface area (Å²) in [6, 6.07) is 5.19. The second kappa shape index (κ2) is 4.74. The third kappa shape index (κ3) is 2.14. The normalized spacial score (nSPS) is 22.2. The molecule has 2 atom stereocenters. The molecule has 1 aliphatic rings. The molecule has 1 heterocycles. The van der Waals surface area contributed by atoms with Crippen LogP contribution in [0, 0.1) is 5.92 Å². The number of hydrogen-bond donors (Lipinski definition) is 3. The van der Waals surface area contributed by atoms with Crippen molar-refractivity contribution in [2.24, 2.45) is 5.92 Å². The van der Waals surface area contributed by atoms with Gasteiger partial charge in [-0.1, -0.05) is 13.0 Å². The predicted molar refractivity (Wildman–Crippen MR) is 63.8 cm³/mol. The number of rotatable bonds is 3. The summed E-state index contributed by atoms with van der Waals surface area (Å²) in [7, 11) is 0. The monoisotopic (exact) mass is 221 g/mol. The highest BCUT2D eigenvalue weighted by Gasteiger charge is 2.25. The maximum atomic E-state index is 9.52. The first-order valence-corrected chi connectivity index (χ1v) is 5.95. The van der Waals surface area contributed by atoms with E-state index < -0.39 is 0 Å². The van der Waals surface area contributed by atoms with Crippen molar-refractivity contribution >= 4 is 0 Å². The van der Waals surface area contributed by atoms with E-state index in [1.54, 1.807) is 12.1 Å². The Bertz CT molecular complexity index is 359.